The van der Waals surface area contributed by atoms with Crippen LogP contribution in [0, 0.1) is 6.92 Å². The number of benzene rings is 1. The molecule has 1 aliphatic rings. The maximum absolute atomic E-state index is 4.46. The molecule has 0 radical (unpaired) electrons. The summed E-state index contributed by atoms with van der Waals surface area (Å²) in [4.78, 5) is 10.0. The summed E-state index contributed by atoms with van der Waals surface area (Å²) in [6.45, 7) is 2.08. The molecule has 1 saturated carbocycles. The molecule has 2 nitrogen and oxygen atoms in total. The van der Waals surface area contributed by atoms with Crippen molar-refractivity contribution in [2.75, 3.05) is 0 Å². The molecule has 2 aromatic rings. The van der Waals surface area contributed by atoms with Crippen LogP contribution in [0.2, 0.25) is 0 Å². The molecule has 0 N–H and O–H groups in total. The third-order valence-corrected chi connectivity index (χ3v) is 3.94. The Kier molecular flexibility index (Phi) is 2.77. The highest BCUT2D eigenvalue weighted by Crippen LogP contribution is 2.41. The summed E-state index contributed by atoms with van der Waals surface area (Å²) in [5.74, 6) is 0.738. The fourth-order valence-corrected chi connectivity index (χ4v) is 2.61. The van der Waals surface area contributed by atoms with E-state index in [0.29, 0.717) is 0 Å². The van der Waals surface area contributed by atoms with Gasteiger partial charge in [-0.1, -0.05) is 17.7 Å². The molecule has 86 valence electrons. The van der Waals surface area contributed by atoms with Crippen molar-refractivity contribution < 1.29 is 0 Å². The number of aryl methyl sites for hydroxylation is 1. The smallest absolute Gasteiger partial charge is 0.0962 e. The molecule has 3 rings (SSSR count). The molecule has 1 aromatic heterocycles. The van der Waals surface area contributed by atoms with E-state index in [0.717, 1.165) is 16.5 Å². The second-order valence-corrected chi connectivity index (χ2v) is 5.56. The minimum atomic E-state index is 0.738. The summed E-state index contributed by atoms with van der Waals surface area (Å²) >= 11 is 1.77. The zero-order valence-corrected chi connectivity index (χ0v) is 10.6. The molecule has 3 heteroatoms. The molecule has 0 bridgehead atoms. The molecule has 17 heavy (non-hydrogen) atoms. The normalized spacial score (nSPS) is 15.6. The number of hydrogen-bond donors (Lipinski definition) is 0. The molecule has 0 unspecified atom stereocenters. The highest BCUT2D eigenvalue weighted by Gasteiger charge is 2.26. The highest BCUT2D eigenvalue weighted by atomic mass is 32.1. The average molecular weight is 242 g/mol. The lowest BCUT2D eigenvalue weighted by Gasteiger charge is -1.93. The monoisotopic (exact) mass is 242 g/mol. The Morgan fingerprint density at radius 1 is 1.29 bits per heavy atom. The molecule has 1 aromatic carbocycles. The summed E-state index contributed by atoms with van der Waals surface area (Å²) < 4.78 is 0. The van der Waals surface area contributed by atoms with Gasteiger partial charge in [0.15, 0.2) is 0 Å². The SMILES string of the molecule is Cc1ccc(/N=C/c2cnc(C3CC3)s2)cc1. The van der Waals surface area contributed by atoms with Crippen molar-refractivity contribution in [2.24, 2.45) is 4.99 Å². The lowest BCUT2D eigenvalue weighted by Crippen LogP contribution is -1.73. The highest BCUT2D eigenvalue weighted by molar-refractivity contribution is 7.13. The third kappa shape index (κ3) is 2.61. The molecule has 0 aliphatic heterocycles. The van der Waals surface area contributed by atoms with Crippen molar-refractivity contribution >= 4 is 23.2 Å². The van der Waals surface area contributed by atoms with E-state index >= 15 is 0 Å². The number of hydrogen-bond acceptors (Lipinski definition) is 3. The molecule has 0 amide bonds. The molecule has 1 fully saturated rings. The quantitative estimate of drug-likeness (QED) is 0.744. The van der Waals surface area contributed by atoms with Crippen LogP contribution in [0.15, 0.2) is 35.5 Å². The number of aliphatic imine (C=N–C) groups is 1. The Labute approximate surface area is 105 Å². The molecular weight excluding hydrogens is 228 g/mol. The van der Waals surface area contributed by atoms with Crippen LogP contribution in [0.3, 0.4) is 0 Å². The Bertz CT molecular complexity index is 536. The van der Waals surface area contributed by atoms with E-state index in [4.69, 9.17) is 0 Å². The van der Waals surface area contributed by atoms with Gasteiger partial charge in [0.05, 0.1) is 15.6 Å². The Balaban J connectivity index is 1.74. The minimum Gasteiger partial charge on any atom is -0.255 e. The van der Waals surface area contributed by atoms with Gasteiger partial charge in [0.2, 0.25) is 0 Å². The van der Waals surface area contributed by atoms with Crippen molar-refractivity contribution in [1.29, 1.82) is 0 Å². The third-order valence-electron chi connectivity index (χ3n) is 2.84. The fourth-order valence-electron chi connectivity index (χ4n) is 1.65. The van der Waals surface area contributed by atoms with E-state index in [9.17, 15) is 0 Å². The minimum absolute atomic E-state index is 0.738. The van der Waals surface area contributed by atoms with Gasteiger partial charge in [-0.05, 0) is 31.9 Å². The van der Waals surface area contributed by atoms with Gasteiger partial charge >= 0.3 is 0 Å². The Hall–Kier alpha value is -1.48. The number of aromatic nitrogens is 1. The standard InChI is InChI=1S/C14H14N2S/c1-10-2-6-12(7-3-10)15-8-13-9-16-14(17-13)11-4-5-11/h2-3,6-9,11H,4-5H2,1H3/b15-8+. The van der Waals surface area contributed by atoms with Gasteiger partial charge < -0.3 is 0 Å². The first-order chi connectivity index (χ1) is 8.31. The first-order valence-corrected chi connectivity index (χ1v) is 6.69. The first kappa shape index (κ1) is 10.7. The molecule has 0 spiro atoms. The average Bonchev–Trinajstić information content (AvgIpc) is 3.09. The van der Waals surface area contributed by atoms with Gasteiger partial charge in [0.1, 0.15) is 0 Å². The summed E-state index contributed by atoms with van der Waals surface area (Å²) in [6, 6.07) is 8.23. The lowest BCUT2D eigenvalue weighted by atomic mass is 10.2. The lowest BCUT2D eigenvalue weighted by molar-refractivity contribution is 1.08. The van der Waals surface area contributed by atoms with E-state index in [2.05, 4.69) is 29.0 Å². The Morgan fingerprint density at radius 2 is 2.06 bits per heavy atom. The maximum Gasteiger partial charge on any atom is 0.0962 e. The van der Waals surface area contributed by atoms with Crippen LogP contribution >= 0.6 is 11.3 Å². The van der Waals surface area contributed by atoms with Crippen molar-refractivity contribution in [3.63, 3.8) is 0 Å². The van der Waals surface area contributed by atoms with Crippen LogP contribution in [0.1, 0.15) is 34.2 Å². The van der Waals surface area contributed by atoms with Crippen molar-refractivity contribution in [2.45, 2.75) is 25.7 Å². The van der Waals surface area contributed by atoms with Crippen molar-refractivity contribution in [1.82, 2.24) is 4.98 Å². The largest absolute Gasteiger partial charge is 0.255 e. The predicted molar refractivity (Wildman–Crippen MR) is 72.5 cm³/mol. The van der Waals surface area contributed by atoms with E-state index in [1.54, 1.807) is 11.3 Å². The van der Waals surface area contributed by atoms with Gasteiger partial charge in [-0.3, -0.25) is 4.99 Å². The zero-order chi connectivity index (χ0) is 11.7. The van der Waals surface area contributed by atoms with E-state index in [1.165, 1.54) is 23.4 Å². The summed E-state index contributed by atoms with van der Waals surface area (Å²) in [5, 5.41) is 1.27. The van der Waals surface area contributed by atoms with Crippen LogP contribution < -0.4 is 0 Å². The van der Waals surface area contributed by atoms with Gasteiger partial charge in [0, 0.05) is 18.3 Å². The van der Waals surface area contributed by atoms with Crippen LogP contribution in [0.25, 0.3) is 0 Å². The van der Waals surface area contributed by atoms with Gasteiger partial charge in [0.25, 0.3) is 0 Å². The Morgan fingerprint density at radius 3 is 2.76 bits per heavy atom. The summed E-state index contributed by atoms with van der Waals surface area (Å²) in [7, 11) is 0. The maximum atomic E-state index is 4.46. The van der Waals surface area contributed by atoms with E-state index < -0.39 is 0 Å². The van der Waals surface area contributed by atoms with Crippen LogP contribution in [0.4, 0.5) is 5.69 Å². The number of thiazole rings is 1. The van der Waals surface area contributed by atoms with Gasteiger partial charge in [-0.15, -0.1) is 11.3 Å². The van der Waals surface area contributed by atoms with Crippen molar-refractivity contribution in [3.8, 4) is 0 Å². The fraction of sp³-hybridized carbons (Fsp3) is 0.286. The number of nitrogens with zero attached hydrogens (tertiary/aromatic N) is 2. The molecule has 0 atom stereocenters. The second-order valence-electron chi connectivity index (χ2n) is 4.47. The summed E-state index contributed by atoms with van der Waals surface area (Å²) in [6.07, 6.45) is 6.45. The molecular formula is C14H14N2S. The van der Waals surface area contributed by atoms with Gasteiger partial charge in [-0.25, -0.2) is 4.98 Å². The molecule has 0 saturated heterocycles. The zero-order valence-electron chi connectivity index (χ0n) is 9.76. The predicted octanol–water partition coefficient (Wildman–Crippen LogP) is 4.08. The van der Waals surface area contributed by atoms with E-state index in [1.807, 2.05) is 24.5 Å². The summed E-state index contributed by atoms with van der Waals surface area (Å²) in [5.41, 5.74) is 2.26. The van der Waals surface area contributed by atoms with Crippen molar-refractivity contribution in [3.05, 3.63) is 45.9 Å². The van der Waals surface area contributed by atoms with E-state index in [-0.39, 0.29) is 0 Å². The topological polar surface area (TPSA) is 25.2 Å². The van der Waals surface area contributed by atoms with Crippen LogP contribution in [-0.2, 0) is 0 Å². The molecule has 1 aliphatic carbocycles. The molecule has 1 heterocycles. The number of rotatable bonds is 3. The second kappa shape index (κ2) is 4.41. The van der Waals surface area contributed by atoms with Crippen LogP contribution in [-0.4, -0.2) is 11.2 Å². The first-order valence-electron chi connectivity index (χ1n) is 5.88. The van der Waals surface area contributed by atoms with Crippen LogP contribution in [0.5, 0.6) is 0 Å². The van der Waals surface area contributed by atoms with Gasteiger partial charge in [-0.2, -0.15) is 0 Å².